The van der Waals surface area contributed by atoms with Crippen LogP contribution in [0.25, 0.3) is 22.4 Å². The van der Waals surface area contributed by atoms with Crippen molar-refractivity contribution >= 4 is 28.5 Å². The van der Waals surface area contributed by atoms with Gasteiger partial charge in [-0.1, -0.05) is 35.8 Å². The van der Waals surface area contributed by atoms with Crippen LogP contribution in [-0.2, 0) is 24.3 Å². The lowest BCUT2D eigenvalue weighted by atomic mass is 10.1. The SMILES string of the molecule is CCCn1cnc2cc(-c3noc(CNC(=O)Cc4ccc(Cl)cc4)n3)ccc21. The van der Waals surface area contributed by atoms with Gasteiger partial charge in [-0.05, 0) is 42.3 Å². The molecule has 0 radical (unpaired) electrons. The van der Waals surface area contributed by atoms with Crippen LogP contribution in [0.3, 0.4) is 0 Å². The second kappa shape index (κ2) is 8.45. The number of carbonyl (C=O) groups excluding carboxylic acids is 1. The molecule has 0 aliphatic rings. The maximum Gasteiger partial charge on any atom is 0.246 e. The zero-order valence-corrected chi connectivity index (χ0v) is 16.7. The highest BCUT2D eigenvalue weighted by atomic mass is 35.5. The van der Waals surface area contributed by atoms with Crippen LogP contribution in [0.15, 0.2) is 53.3 Å². The van der Waals surface area contributed by atoms with Crippen LogP contribution in [0.1, 0.15) is 24.8 Å². The first-order valence-corrected chi connectivity index (χ1v) is 9.79. The Hall–Kier alpha value is -3.19. The van der Waals surface area contributed by atoms with E-state index in [4.69, 9.17) is 16.1 Å². The molecular formula is C21H20ClN5O2. The topological polar surface area (TPSA) is 85.8 Å². The molecule has 1 amide bonds. The summed E-state index contributed by atoms with van der Waals surface area (Å²) in [4.78, 5) is 20.9. The average molecular weight is 410 g/mol. The van der Waals surface area contributed by atoms with Crippen molar-refractivity contribution in [2.45, 2.75) is 32.9 Å². The summed E-state index contributed by atoms with van der Waals surface area (Å²) in [5.41, 5.74) is 3.67. The van der Waals surface area contributed by atoms with Crippen molar-refractivity contribution in [2.24, 2.45) is 0 Å². The molecule has 8 heteroatoms. The predicted molar refractivity (Wildman–Crippen MR) is 110 cm³/mol. The zero-order valence-electron chi connectivity index (χ0n) is 15.9. The van der Waals surface area contributed by atoms with Crippen LogP contribution >= 0.6 is 11.6 Å². The van der Waals surface area contributed by atoms with E-state index in [0.717, 1.165) is 35.1 Å². The Bertz CT molecular complexity index is 1130. The summed E-state index contributed by atoms with van der Waals surface area (Å²) in [5.74, 6) is 0.690. The minimum atomic E-state index is -0.130. The number of benzene rings is 2. The summed E-state index contributed by atoms with van der Waals surface area (Å²) in [7, 11) is 0. The number of aryl methyl sites for hydroxylation is 1. The van der Waals surface area contributed by atoms with Crippen molar-refractivity contribution in [3.05, 3.63) is 65.3 Å². The molecule has 29 heavy (non-hydrogen) atoms. The van der Waals surface area contributed by atoms with Gasteiger partial charge in [0.1, 0.15) is 0 Å². The number of carbonyl (C=O) groups is 1. The Morgan fingerprint density at radius 2 is 2.03 bits per heavy atom. The largest absolute Gasteiger partial charge is 0.347 e. The average Bonchev–Trinajstić information content (AvgIpc) is 3.35. The molecule has 0 aliphatic carbocycles. The molecule has 0 unspecified atom stereocenters. The van der Waals surface area contributed by atoms with Crippen LogP contribution in [-0.4, -0.2) is 25.6 Å². The van der Waals surface area contributed by atoms with E-state index < -0.39 is 0 Å². The number of nitrogens with one attached hydrogen (secondary N) is 1. The molecule has 0 bridgehead atoms. The van der Waals surface area contributed by atoms with Gasteiger partial charge in [0.2, 0.25) is 17.6 Å². The molecular weight excluding hydrogens is 390 g/mol. The number of fused-ring (bicyclic) bond motifs is 1. The molecule has 0 aliphatic heterocycles. The molecule has 0 saturated heterocycles. The molecule has 0 saturated carbocycles. The number of imidazole rings is 1. The molecule has 0 spiro atoms. The third-order valence-corrected chi connectivity index (χ3v) is 4.78. The second-order valence-corrected chi connectivity index (χ2v) is 7.17. The third-order valence-electron chi connectivity index (χ3n) is 4.53. The standard InChI is InChI=1S/C21H20ClN5O2/c1-2-9-27-13-24-17-11-15(5-8-18(17)27)21-25-20(29-26-21)12-23-19(28)10-14-3-6-16(22)7-4-14/h3-8,11,13H,2,9-10,12H2,1H3,(H,23,28). The lowest BCUT2D eigenvalue weighted by Gasteiger charge is -2.02. The number of halogens is 1. The third kappa shape index (κ3) is 4.46. The number of aromatic nitrogens is 4. The van der Waals surface area contributed by atoms with Crippen molar-refractivity contribution in [1.29, 1.82) is 0 Å². The summed E-state index contributed by atoms with van der Waals surface area (Å²) in [6.07, 6.45) is 3.15. The van der Waals surface area contributed by atoms with Crippen molar-refractivity contribution in [2.75, 3.05) is 0 Å². The summed E-state index contributed by atoms with van der Waals surface area (Å²) in [6, 6.07) is 13.1. The van der Waals surface area contributed by atoms with E-state index in [1.165, 1.54) is 0 Å². The van der Waals surface area contributed by atoms with Crippen LogP contribution in [0.4, 0.5) is 0 Å². The van der Waals surface area contributed by atoms with Crippen LogP contribution in [0.5, 0.6) is 0 Å². The fourth-order valence-corrected chi connectivity index (χ4v) is 3.22. The number of amides is 1. The summed E-state index contributed by atoms with van der Waals surface area (Å²) in [6.45, 7) is 3.24. The Morgan fingerprint density at radius 3 is 2.83 bits per heavy atom. The van der Waals surface area contributed by atoms with Crippen molar-refractivity contribution in [3.8, 4) is 11.4 Å². The first-order valence-electron chi connectivity index (χ1n) is 9.41. The van der Waals surface area contributed by atoms with Crippen molar-refractivity contribution in [3.63, 3.8) is 0 Å². The first kappa shape index (κ1) is 19.1. The van der Waals surface area contributed by atoms with Gasteiger partial charge in [-0.15, -0.1) is 0 Å². The van der Waals surface area contributed by atoms with Crippen LogP contribution < -0.4 is 5.32 Å². The number of nitrogens with zero attached hydrogens (tertiary/aromatic N) is 4. The lowest BCUT2D eigenvalue weighted by molar-refractivity contribution is -0.120. The predicted octanol–water partition coefficient (Wildman–Crippen LogP) is 4.01. The Balaban J connectivity index is 1.39. The van der Waals surface area contributed by atoms with E-state index in [0.29, 0.717) is 16.7 Å². The monoisotopic (exact) mass is 409 g/mol. The van der Waals surface area contributed by atoms with Gasteiger partial charge >= 0.3 is 0 Å². The van der Waals surface area contributed by atoms with Crippen LogP contribution in [0.2, 0.25) is 5.02 Å². The molecule has 4 aromatic rings. The van der Waals surface area contributed by atoms with Gasteiger partial charge in [0.15, 0.2) is 0 Å². The summed E-state index contributed by atoms with van der Waals surface area (Å²) >= 11 is 5.86. The first-order chi connectivity index (χ1) is 14.1. The van der Waals surface area contributed by atoms with E-state index in [-0.39, 0.29) is 18.9 Å². The molecule has 2 heterocycles. The Labute approximate surface area is 172 Å². The molecule has 7 nitrogen and oxygen atoms in total. The smallest absolute Gasteiger partial charge is 0.246 e. The summed E-state index contributed by atoms with van der Waals surface area (Å²) < 4.78 is 7.39. The molecule has 2 aromatic heterocycles. The van der Waals surface area contributed by atoms with Crippen molar-refractivity contribution < 1.29 is 9.32 Å². The highest BCUT2D eigenvalue weighted by molar-refractivity contribution is 6.30. The number of hydrogen-bond donors (Lipinski definition) is 1. The number of hydrogen-bond acceptors (Lipinski definition) is 5. The molecule has 4 rings (SSSR count). The van der Waals surface area contributed by atoms with Gasteiger partial charge < -0.3 is 14.4 Å². The lowest BCUT2D eigenvalue weighted by Crippen LogP contribution is -2.24. The fraction of sp³-hybridized carbons (Fsp3) is 0.238. The van der Waals surface area contributed by atoms with Crippen LogP contribution in [0, 0.1) is 0 Å². The van der Waals surface area contributed by atoms with Gasteiger partial charge in [0.05, 0.1) is 30.3 Å². The maximum absolute atomic E-state index is 12.1. The normalized spacial score (nSPS) is 11.1. The molecule has 1 N–H and O–H groups in total. The van der Waals surface area contributed by atoms with E-state index in [9.17, 15) is 4.79 Å². The van der Waals surface area contributed by atoms with E-state index in [2.05, 4.69) is 31.9 Å². The van der Waals surface area contributed by atoms with Crippen molar-refractivity contribution in [1.82, 2.24) is 25.0 Å². The van der Waals surface area contributed by atoms with E-state index in [1.54, 1.807) is 12.1 Å². The molecule has 2 aromatic carbocycles. The summed E-state index contributed by atoms with van der Waals surface area (Å²) in [5, 5.41) is 7.45. The highest BCUT2D eigenvalue weighted by Crippen LogP contribution is 2.22. The number of rotatable bonds is 7. The van der Waals surface area contributed by atoms with Gasteiger partial charge in [-0.25, -0.2) is 4.98 Å². The molecule has 0 atom stereocenters. The van der Waals surface area contributed by atoms with E-state index >= 15 is 0 Å². The quantitative estimate of drug-likeness (QED) is 0.498. The van der Waals surface area contributed by atoms with Gasteiger partial charge in [0.25, 0.3) is 0 Å². The molecule has 0 fully saturated rings. The zero-order chi connectivity index (χ0) is 20.2. The fourth-order valence-electron chi connectivity index (χ4n) is 3.09. The second-order valence-electron chi connectivity index (χ2n) is 6.73. The maximum atomic E-state index is 12.1. The van der Waals surface area contributed by atoms with Gasteiger partial charge in [-0.2, -0.15) is 4.98 Å². The van der Waals surface area contributed by atoms with Gasteiger partial charge in [0, 0.05) is 17.1 Å². The Morgan fingerprint density at radius 1 is 1.21 bits per heavy atom. The highest BCUT2D eigenvalue weighted by Gasteiger charge is 2.12. The van der Waals surface area contributed by atoms with E-state index in [1.807, 2.05) is 36.7 Å². The Kier molecular flexibility index (Phi) is 5.57. The molecule has 148 valence electrons. The minimum Gasteiger partial charge on any atom is -0.347 e. The van der Waals surface area contributed by atoms with Gasteiger partial charge in [-0.3, -0.25) is 4.79 Å². The minimum absolute atomic E-state index is 0.130.